The minimum atomic E-state index is -2.03. The molecular weight excluding hydrogens is 537 g/mol. The highest BCUT2D eigenvalue weighted by molar-refractivity contribution is 7.73. The molecule has 2 aromatic carbocycles. The van der Waals surface area contributed by atoms with E-state index < -0.39 is 22.3 Å². The monoisotopic (exact) mass is 564 g/mol. The number of amides is 1. The second-order valence-electron chi connectivity index (χ2n) is 10.2. The summed E-state index contributed by atoms with van der Waals surface area (Å²) in [7, 11) is -2.03. The number of benzene rings is 2. The van der Waals surface area contributed by atoms with Crippen molar-refractivity contribution in [1.29, 1.82) is 4.78 Å². The van der Waals surface area contributed by atoms with Gasteiger partial charge in [-0.1, -0.05) is 54.6 Å². The third kappa shape index (κ3) is 6.04. The zero-order chi connectivity index (χ0) is 27.7. The van der Waals surface area contributed by atoms with Gasteiger partial charge in [0.2, 0.25) is 0 Å². The van der Waals surface area contributed by atoms with Crippen molar-refractivity contribution in [3.05, 3.63) is 82.9 Å². The minimum Gasteiger partial charge on any atom is -0.440 e. The number of carbonyl (C=O) groups is 1. The maximum Gasteiger partial charge on any atom is 0.251 e. The molecule has 7 nitrogen and oxygen atoms in total. The molecule has 5 rings (SSSR count). The maximum atomic E-state index is 15.8. The summed E-state index contributed by atoms with van der Waals surface area (Å²) in [5.74, 6) is 1.13. The molecule has 0 unspecified atom stereocenters. The van der Waals surface area contributed by atoms with Gasteiger partial charge in [-0.15, -0.1) is 0 Å². The van der Waals surface area contributed by atoms with E-state index in [9.17, 15) is 9.00 Å². The summed E-state index contributed by atoms with van der Waals surface area (Å²) in [6.45, 7) is 6.40. The van der Waals surface area contributed by atoms with Gasteiger partial charge < -0.3 is 19.2 Å². The van der Waals surface area contributed by atoms with E-state index in [4.69, 9.17) is 21.4 Å². The predicted octanol–water partition coefficient (Wildman–Crippen LogP) is 6.59. The van der Waals surface area contributed by atoms with Gasteiger partial charge in [-0.3, -0.25) is 9.78 Å². The molecule has 1 amide bonds. The lowest BCUT2D eigenvalue weighted by atomic mass is 9.92. The summed E-state index contributed by atoms with van der Waals surface area (Å²) >= 11 is 6.01. The van der Waals surface area contributed by atoms with Crippen molar-refractivity contribution in [2.45, 2.75) is 31.7 Å². The highest BCUT2D eigenvalue weighted by Crippen LogP contribution is 2.31. The Hall–Kier alpha value is -3.56. The molecule has 2 aromatic heterocycles. The lowest BCUT2D eigenvalue weighted by molar-refractivity contribution is 0.0950. The van der Waals surface area contributed by atoms with Crippen molar-refractivity contribution in [1.82, 2.24) is 15.3 Å². The van der Waals surface area contributed by atoms with Gasteiger partial charge in [-0.2, -0.15) is 10.6 Å². The van der Waals surface area contributed by atoms with Crippen LogP contribution in [0.1, 0.15) is 36.3 Å². The van der Waals surface area contributed by atoms with Crippen LogP contribution >= 0.6 is 11.6 Å². The number of hydrogen-bond acceptors (Lipinski definition) is 7. The van der Waals surface area contributed by atoms with Gasteiger partial charge in [0.15, 0.2) is 0 Å². The third-order valence-corrected chi connectivity index (χ3v) is 7.76. The zero-order valence-corrected chi connectivity index (χ0v) is 23.2. The average Bonchev–Trinajstić information content (AvgIpc) is 2.91. The first kappa shape index (κ1) is 27.0. The number of nitrogens with zero attached hydrogens (tertiary/aromatic N) is 3. The van der Waals surface area contributed by atoms with Crippen LogP contribution in [0.25, 0.3) is 22.0 Å². The fourth-order valence-corrected chi connectivity index (χ4v) is 5.96. The highest BCUT2D eigenvalue weighted by Gasteiger charge is 2.23. The van der Waals surface area contributed by atoms with Crippen LogP contribution in [-0.4, -0.2) is 29.0 Å². The maximum absolute atomic E-state index is 15.8. The largest absolute Gasteiger partial charge is 0.440 e. The summed E-state index contributed by atoms with van der Waals surface area (Å²) in [5, 5.41) is 3.96. The van der Waals surface area contributed by atoms with Crippen LogP contribution in [0.4, 0.5) is 10.2 Å². The van der Waals surface area contributed by atoms with E-state index in [0.29, 0.717) is 39.6 Å². The Balaban J connectivity index is 1.39. The quantitative estimate of drug-likeness (QED) is 0.257. The SMILES string of the molecule is C[C@@H]1C[C@H](C)CN(c2cccc(-c3ccc4cnc(CNC(=O)c5cc(Cl)cc([S-](=N)=O)c5)cc4c3F)n2)C1. The molecule has 2 N–H and O–H groups in total. The summed E-state index contributed by atoms with van der Waals surface area (Å²) in [4.78, 5) is 24.3. The van der Waals surface area contributed by atoms with Crippen LogP contribution in [0.15, 0.2) is 65.7 Å². The fourth-order valence-electron chi connectivity index (χ4n) is 5.19. The predicted molar refractivity (Wildman–Crippen MR) is 152 cm³/mol. The Labute approximate surface area is 233 Å². The normalized spacial score (nSPS) is 17.5. The van der Waals surface area contributed by atoms with Gasteiger partial charge >= 0.3 is 0 Å². The molecule has 1 aliphatic heterocycles. The van der Waals surface area contributed by atoms with E-state index in [1.54, 1.807) is 18.3 Å². The molecule has 1 saturated heterocycles. The van der Waals surface area contributed by atoms with Gasteiger partial charge in [0.1, 0.15) is 11.6 Å². The number of rotatable bonds is 6. The average molecular weight is 565 g/mol. The molecule has 2 atom stereocenters. The van der Waals surface area contributed by atoms with Gasteiger partial charge in [0.25, 0.3) is 5.91 Å². The lowest BCUT2D eigenvalue weighted by Crippen LogP contribution is -2.39. The van der Waals surface area contributed by atoms with E-state index in [1.165, 1.54) is 24.6 Å². The smallest absolute Gasteiger partial charge is 0.251 e. The second kappa shape index (κ2) is 11.3. The standard InChI is InChI=1S/C29H28ClFN5O2S/c1-17-8-18(2)16-36(15-17)27-5-3-4-26(35-27)24-7-6-19-13-33-22(12-25(19)28(24)31)14-34-29(37)20-9-21(30)11-23(10-20)39(32)38/h3-7,9-13,17-18,32H,8,14-16H2,1-2H3,(H,34,37)/q-1/t17-,18+. The van der Waals surface area contributed by atoms with Gasteiger partial charge in [-0.25, -0.2) is 9.37 Å². The van der Waals surface area contributed by atoms with E-state index in [2.05, 4.69) is 29.0 Å². The first-order valence-electron chi connectivity index (χ1n) is 12.7. The van der Waals surface area contributed by atoms with Crippen LogP contribution in [0.5, 0.6) is 0 Å². The Bertz CT molecular complexity index is 1630. The van der Waals surface area contributed by atoms with Gasteiger partial charge in [-0.05, 0) is 48.6 Å². The number of anilines is 1. The lowest BCUT2D eigenvalue weighted by Gasteiger charge is -2.36. The van der Waals surface area contributed by atoms with Crippen molar-refractivity contribution >= 4 is 44.7 Å². The number of carbonyl (C=O) groups excluding carboxylic acids is 1. The number of nitrogens with one attached hydrogen (secondary N) is 2. The van der Waals surface area contributed by atoms with Crippen molar-refractivity contribution in [3.8, 4) is 11.3 Å². The van der Waals surface area contributed by atoms with Crippen LogP contribution in [-0.2, 0) is 21.3 Å². The summed E-state index contributed by atoms with van der Waals surface area (Å²) < 4.78 is 34.7. The number of hydrogen-bond donors (Lipinski definition) is 2. The van der Waals surface area contributed by atoms with Crippen molar-refractivity contribution in [2.75, 3.05) is 18.0 Å². The molecule has 3 heterocycles. The highest BCUT2D eigenvalue weighted by atomic mass is 35.5. The van der Waals surface area contributed by atoms with Crippen LogP contribution in [0.3, 0.4) is 0 Å². The number of piperidine rings is 1. The molecule has 1 fully saturated rings. The third-order valence-electron chi connectivity index (χ3n) is 6.87. The minimum absolute atomic E-state index is 0.0450. The van der Waals surface area contributed by atoms with E-state index in [0.717, 1.165) is 18.9 Å². The summed E-state index contributed by atoms with van der Waals surface area (Å²) in [5.41, 5.74) is 1.61. The van der Waals surface area contributed by atoms with Gasteiger partial charge in [0, 0.05) is 46.2 Å². The Morgan fingerprint density at radius 2 is 1.92 bits per heavy atom. The molecule has 0 spiro atoms. The van der Waals surface area contributed by atoms with E-state index in [1.807, 2.05) is 24.3 Å². The summed E-state index contributed by atoms with van der Waals surface area (Å²) in [6.07, 6.45) is 2.77. The van der Waals surface area contributed by atoms with Crippen molar-refractivity contribution in [3.63, 3.8) is 0 Å². The Morgan fingerprint density at radius 1 is 1.15 bits per heavy atom. The first-order valence-corrected chi connectivity index (χ1v) is 14.2. The molecule has 4 aromatic rings. The number of halogens is 2. The van der Waals surface area contributed by atoms with Crippen LogP contribution in [0, 0.1) is 22.4 Å². The molecule has 0 saturated carbocycles. The second-order valence-corrected chi connectivity index (χ2v) is 11.6. The van der Waals surface area contributed by atoms with E-state index >= 15 is 4.39 Å². The van der Waals surface area contributed by atoms with Crippen molar-refractivity contribution < 1.29 is 13.4 Å². The fraction of sp³-hybridized carbons (Fsp3) is 0.276. The van der Waals surface area contributed by atoms with Crippen molar-refractivity contribution in [2.24, 2.45) is 11.8 Å². The summed E-state index contributed by atoms with van der Waals surface area (Å²) in [6, 6.07) is 15.0. The molecule has 0 aliphatic carbocycles. The molecular formula is C29H28ClFN5O2S-. The van der Waals surface area contributed by atoms with Crippen LogP contribution in [0.2, 0.25) is 5.02 Å². The Morgan fingerprint density at radius 3 is 2.67 bits per heavy atom. The molecule has 10 heteroatoms. The number of fused-ring (bicyclic) bond motifs is 1. The molecule has 0 radical (unpaired) electrons. The van der Waals surface area contributed by atoms with E-state index in [-0.39, 0.29) is 22.0 Å². The van der Waals surface area contributed by atoms with Gasteiger partial charge in [0.05, 0.1) is 17.9 Å². The number of aromatic nitrogens is 2. The molecule has 202 valence electrons. The number of pyridine rings is 2. The molecule has 1 aliphatic rings. The molecule has 0 bridgehead atoms. The van der Waals surface area contributed by atoms with Crippen LogP contribution < -0.4 is 10.2 Å². The topological polar surface area (TPSA) is 99.0 Å². The first-order chi connectivity index (χ1) is 18.7. The zero-order valence-electron chi connectivity index (χ0n) is 21.6. The Kier molecular flexibility index (Phi) is 7.81. The molecule has 39 heavy (non-hydrogen) atoms.